The second-order valence-electron chi connectivity index (χ2n) is 4.20. The first-order chi connectivity index (χ1) is 7.63. The molecule has 3 nitrogen and oxygen atoms in total. The molecule has 0 amide bonds. The fourth-order valence-electron chi connectivity index (χ4n) is 2.01. The van der Waals surface area contributed by atoms with Gasteiger partial charge in [0.25, 0.3) is 0 Å². The van der Waals surface area contributed by atoms with E-state index < -0.39 is 0 Å². The number of pyridine rings is 1. The zero-order valence-corrected chi connectivity index (χ0v) is 10.8. The van der Waals surface area contributed by atoms with E-state index in [9.17, 15) is 0 Å². The number of nitrogens with zero attached hydrogens (tertiary/aromatic N) is 2. The van der Waals surface area contributed by atoms with Crippen LogP contribution in [0.1, 0.15) is 37.9 Å². The minimum atomic E-state index is 0.563. The average molecular weight is 221 g/mol. The fourth-order valence-corrected chi connectivity index (χ4v) is 2.01. The van der Waals surface area contributed by atoms with Crippen LogP contribution >= 0.6 is 0 Å². The van der Waals surface area contributed by atoms with E-state index in [2.05, 4.69) is 42.9 Å². The Morgan fingerprint density at radius 3 is 2.38 bits per heavy atom. The second-order valence-corrected chi connectivity index (χ2v) is 4.20. The molecule has 0 aliphatic rings. The molecule has 0 bridgehead atoms. The summed E-state index contributed by atoms with van der Waals surface area (Å²) in [7, 11) is 2.11. The van der Waals surface area contributed by atoms with E-state index in [1.807, 2.05) is 6.92 Å². The molecule has 0 unspecified atom stereocenters. The van der Waals surface area contributed by atoms with Crippen molar-refractivity contribution in [3.63, 3.8) is 0 Å². The van der Waals surface area contributed by atoms with Gasteiger partial charge in [-0.05, 0) is 31.4 Å². The standard InChI is InChI=1S/C13H23N3/c1-5-12(6-2)16(4)13-8-7-11(9-14)10(3)15-13/h7-8,12H,5-6,9,14H2,1-4H3. The molecule has 16 heavy (non-hydrogen) atoms. The van der Waals surface area contributed by atoms with Crippen molar-refractivity contribution in [2.75, 3.05) is 11.9 Å². The van der Waals surface area contributed by atoms with Crippen LogP contribution in [0.25, 0.3) is 0 Å². The van der Waals surface area contributed by atoms with Gasteiger partial charge < -0.3 is 10.6 Å². The van der Waals surface area contributed by atoms with Crippen molar-refractivity contribution in [3.8, 4) is 0 Å². The van der Waals surface area contributed by atoms with Crippen molar-refractivity contribution >= 4 is 5.82 Å². The number of aromatic nitrogens is 1. The highest BCUT2D eigenvalue weighted by molar-refractivity contribution is 5.41. The van der Waals surface area contributed by atoms with E-state index in [1.54, 1.807) is 0 Å². The Labute approximate surface area is 98.7 Å². The van der Waals surface area contributed by atoms with Gasteiger partial charge in [0.1, 0.15) is 5.82 Å². The van der Waals surface area contributed by atoms with Crippen LogP contribution < -0.4 is 10.6 Å². The number of hydrogen-bond acceptors (Lipinski definition) is 3. The maximum atomic E-state index is 5.64. The van der Waals surface area contributed by atoms with Crippen LogP contribution in [0, 0.1) is 6.92 Å². The Hall–Kier alpha value is -1.09. The molecule has 1 heterocycles. The van der Waals surface area contributed by atoms with Crippen molar-refractivity contribution in [3.05, 3.63) is 23.4 Å². The van der Waals surface area contributed by atoms with Gasteiger partial charge in [0, 0.05) is 25.3 Å². The monoisotopic (exact) mass is 221 g/mol. The maximum Gasteiger partial charge on any atom is 0.128 e. The molecular formula is C13H23N3. The lowest BCUT2D eigenvalue weighted by atomic mass is 10.1. The minimum absolute atomic E-state index is 0.563. The summed E-state index contributed by atoms with van der Waals surface area (Å²) in [6, 6.07) is 4.71. The lowest BCUT2D eigenvalue weighted by molar-refractivity contribution is 0.586. The Morgan fingerprint density at radius 1 is 1.31 bits per heavy atom. The lowest BCUT2D eigenvalue weighted by Crippen LogP contribution is -2.31. The fraction of sp³-hybridized carbons (Fsp3) is 0.615. The van der Waals surface area contributed by atoms with Gasteiger partial charge in [-0.15, -0.1) is 0 Å². The van der Waals surface area contributed by atoms with Gasteiger partial charge in [0.15, 0.2) is 0 Å². The van der Waals surface area contributed by atoms with Crippen LogP contribution in [-0.2, 0) is 6.54 Å². The third-order valence-electron chi connectivity index (χ3n) is 3.25. The molecule has 90 valence electrons. The maximum absolute atomic E-state index is 5.64. The molecule has 0 aliphatic carbocycles. The molecule has 0 aromatic carbocycles. The Balaban J connectivity index is 2.91. The van der Waals surface area contributed by atoms with E-state index in [-0.39, 0.29) is 0 Å². The lowest BCUT2D eigenvalue weighted by Gasteiger charge is -2.27. The topological polar surface area (TPSA) is 42.1 Å². The molecule has 0 aliphatic heterocycles. The summed E-state index contributed by atoms with van der Waals surface area (Å²) in [5, 5.41) is 0. The summed E-state index contributed by atoms with van der Waals surface area (Å²) in [5.74, 6) is 1.04. The molecule has 3 heteroatoms. The highest BCUT2D eigenvalue weighted by Crippen LogP contribution is 2.18. The van der Waals surface area contributed by atoms with Crippen molar-refractivity contribution in [1.29, 1.82) is 0 Å². The minimum Gasteiger partial charge on any atom is -0.357 e. The second kappa shape index (κ2) is 5.85. The molecule has 2 N–H and O–H groups in total. The quantitative estimate of drug-likeness (QED) is 0.830. The van der Waals surface area contributed by atoms with Crippen LogP contribution in [-0.4, -0.2) is 18.1 Å². The molecular weight excluding hydrogens is 198 g/mol. The molecule has 1 aromatic rings. The smallest absolute Gasteiger partial charge is 0.128 e. The van der Waals surface area contributed by atoms with Gasteiger partial charge in [-0.2, -0.15) is 0 Å². The van der Waals surface area contributed by atoms with E-state index >= 15 is 0 Å². The molecule has 0 atom stereocenters. The Bertz CT molecular complexity index is 332. The Morgan fingerprint density at radius 2 is 1.94 bits per heavy atom. The molecule has 1 rings (SSSR count). The van der Waals surface area contributed by atoms with Crippen LogP contribution in [0.4, 0.5) is 5.82 Å². The van der Waals surface area contributed by atoms with Crippen LogP contribution in [0.3, 0.4) is 0 Å². The summed E-state index contributed by atoms with van der Waals surface area (Å²) in [5.41, 5.74) is 7.80. The predicted octanol–water partition coefficient (Wildman–Crippen LogP) is 2.47. The highest BCUT2D eigenvalue weighted by Gasteiger charge is 2.12. The van der Waals surface area contributed by atoms with E-state index in [0.29, 0.717) is 12.6 Å². The first kappa shape index (κ1) is 13.0. The number of anilines is 1. The van der Waals surface area contributed by atoms with Gasteiger partial charge in [-0.25, -0.2) is 4.98 Å². The van der Waals surface area contributed by atoms with Gasteiger partial charge in [-0.1, -0.05) is 19.9 Å². The molecule has 0 radical (unpaired) electrons. The first-order valence-electron chi connectivity index (χ1n) is 6.03. The number of nitrogens with two attached hydrogens (primary N) is 1. The summed E-state index contributed by atoms with van der Waals surface area (Å²) < 4.78 is 0. The summed E-state index contributed by atoms with van der Waals surface area (Å²) in [6.45, 7) is 7.01. The van der Waals surface area contributed by atoms with Crippen molar-refractivity contribution in [1.82, 2.24) is 4.98 Å². The van der Waals surface area contributed by atoms with Crippen LogP contribution in [0.5, 0.6) is 0 Å². The first-order valence-corrected chi connectivity index (χ1v) is 6.03. The third kappa shape index (κ3) is 2.73. The highest BCUT2D eigenvalue weighted by atomic mass is 15.2. The number of aryl methyl sites for hydroxylation is 1. The summed E-state index contributed by atoms with van der Waals surface area (Å²) >= 11 is 0. The van der Waals surface area contributed by atoms with E-state index in [0.717, 1.165) is 29.9 Å². The van der Waals surface area contributed by atoms with Gasteiger partial charge >= 0.3 is 0 Å². The van der Waals surface area contributed by atoms with E-state index in [1.165, 1.54) is 0 Å². The number of hydrogen-bond donors (Lipinski definition) is 1. The number of rotatable bonds is 5. The SMILES string of the molecule is CCC(CC)N(C)c1ccc(CN)c(C)n1. The molecule has 0 saturated carbocycles. The largest absolute Gasteiger partial charge is 0.357 e. The zero-order valence-electron chi connectivity index (χ0n) is 10.8. The van der Waals surface area contributed by atoms with Crippen LogP contribution in [0.15, 0.2) is 12.1 Å². The zero-order chi connectivity index (χ0) is 12.1. The van der Waals surface area contributed by atoms with Gasteiger partial charge in [0.2, 0.25) is 0 Å². The average Bonchev–Trinajstić information content (AvgIpc) is 2.30. The van der Waals surface area contributed by atoms with Crippen LogP contribution in [0.2, 0.25) is 0 Å². The molecule has 0 saturated heterocycles. The van der Waals surface area contributed by atoms with Gasteiger partial charge in [0.05, 0.1) is 0 Å². The van der Waals surface area contributed by atoms with Gasteiger partial charge in [-0.3, -0.25) is 0 Å². The predicted molar refractivity (Wildman–Crippen MR) is 69.6 cm³/mol. The third-order valence-corrected chi connectivity index (χ3v) is 3.25. The van der Waals surface area contributed by atoms with Crippen molar-refractivity contribution in [2.24, 2.45) is 5.73 Å². The Kier molecular flexibility index (Phi) is 4.74. The molecule has 0 spiro atoms. The normalized spacial score (nSPS) is 10.9. The van der Waals surface area contributed by atoms with Crippen molar-refractivity contribution in [2.45, 2.75) is 46.2 Å². The van der Waals surface area contributed by atoms with Crippen molar-refractivity contribution < 1.29 is 0 Å². The van der Waals surface area contributed by atoms with E-state index in [4.69, 9.17) is 5.73 Å². The molecule has 1 aromatic heterocycles. The summed E-state index contributed by atoms with van der Waals surface area (Å²) in [6.07, 6.45) is 2.29. The summed E-state index contributed by atoms with van der Waals surface area (Å²) in [4.78, 5) is 6.86. The molecule has 0 fully saturated rings.